The molecule has 8 heteroatoms. The van der Waals surface area contributed by atoms with E-state index in [1.165, 1.54) is 4.31 Å². The molecule has 0 aliphatic carbocycles. The van der Waals surface area contributed by atoms with Crippen molar-refractivity contribution in [3.63, 3.8) is 0 Å². The van der Waals surface area contributed by atoms with E-state index < -0.39 is 10.0 Å². The second kappa shape index (κ2) is 8.15. The van der Waals surface area contributed by atoms with Crippen LogP contribution in [0.5, 0.6) is 0 Å². The molecule has 0 saturated carbocycles. The zero-order valence-corrected chi connectivity index (χ0v) is 17.0. The van der Waals surface area contributed by atoms with Crippen LogP contribution in [0.4, 0.5) is 5.69 Å². The SMILES string of the molecule is Cc1cc(N2CCCS2(=O)=O)ccc1C(=O)N1CCC(C(C)N)CC1.Cl. The summed E-state index contributed by atoms with van der Waals surface area (Å²) in [5.41, 5.74) is 8.09. The summed E-state index contributed by atoms with van der Waals surface area (Å²) in [7, 11) is -3.20. The van der Waals surface area contributed by atoms with Gasteiger partial charge in [-0.2, -0.15) is 0 Å². The van der Waals surface area contributed by atoms with Gasteiger partial charge in [0, 0.05) is 31.2 Å². The van der Waals surface area contributed by atoms with Crippen LogP contribution in [0.3, 0.4) is 0 Å². The summed E-state index contributed by atoms with van der Waals surface area (Å²) in [5, 5.41) is 0. The van der Waals surface area contributed by atoms with Crippen LogP contribution >= 0.6 is 12.4 Å². The summed E-state index contributed by atoms with van der Waals surface area (Å²) < 4.78 is 25.6. The fourth-order valence-electron chi connectivity index (χ4n) is 3.77. The van der Waals surface area contributed by atoms with Gasteiger partial charge in [-0.3, -0.25) is 9.10 Å². The summed E-state index contributed by atoms with van der Waals surface area (Å²) in [6.07, 6.45) is 2.52. The van der Waals surface area contributed by atoms with Gasteiger partial charge in [-0.15, -0.1) is 12.4 Å². The Morgan fingerprint density at radius 2 is 1.88 bits per heavy atom. The largest absolute Gasteiger partial charge is 0.339 e. The number of likely N-dealkylation sites (tertiary alicyclic amines) is 1. The van der Waals surface area contributed by atoms with Crippen LogP contribution in [0.15, 0.2) is 18.2 Å². The zero-order chi connectivity index (χ0) is 18.2. The number of anilines is 1. The zero-order valence-electron chi connectivity index (χ0n) is 15.3. The summed E-state index contributed by atoms with van der Waals surface area (Å²) in [4.78, 5) is 14.7. The lowest BCUT2D eigenvalue weighted by Crippen LogP contribution is -2.42. The van der Waals surface area contributed by atoms with Crippen molar-refractivity contribution in [3.8, 4) is 0 Å². The van der Waals surface area contributed by atoms with E-state index in [4.69, 9.17) is 5.73 Å². The van der Waals surface area contributed by atoms with E-state index in [9.17, 15) is 13.2 Å². The van der Waals surface area contributed by atoms with E-state index in [0.29, 0.717) is 30.1 Å². The van der Waals surface area contributed by atoms with E-state index >= 15 is 0 Å². The molecular weight excluding hydrogens is 374 g/mol. The number of nitrogens with two attached hydrogens (primary N) is 1. The maximum Gasteiger partial charge on any atom is 0.254 e. The van der Waals surface area contributed by atoms with Crippen molar-refractivity contribution < 1.29 is 13.2 Å². The maximum absolute atomic E-state index is 12.8. The maximum atomic E-state index is 12.8. The van der Waals surface area contributed by atoms with Crippen LogP contribution in [0.1, 0.15) is 42.1 Å². The third-order valence-electron chi connectivity index (χ3n) is 5.40. The Morgan fingerprint density at radius 1 is 1.23 bits per heavy atom. The number of aryl methyl sites for hydroxylation is 1. The molecule has 1 aromatic rings. The number of carbonyl (C=O) groups excluding carboxylic acids is 1. The molecule has 0 bridgehead atoms. The smallest absolute Gasteiger partial charge is 0.254 e. The van der Waals surface area contributed by atoms with E-state index in [0.717, 1.165) is 31.5 Å². The predicted octanol–water partition coefficient (Wildman–Crippen LogP) is 2.16. The fourth-order valence-corrected chi connectivity index (χ4v) is 5.33. The number of hydrogen-bond donors (Lipinski definition) is 1. The van der Waals surface area contributed by atoms with Gasteiger partial charge in [0.05, 0.1) is 11.4 Å². The molecule has 0 aromatic heterocycles. The summed E-state index contributed by atoms with van der Waals surface area (Å²) in [6.45, 7) is 5.87. The first kappa shape index (κ1) is 21.0. The molecule has 2 saturated heterocycles. The van der Waals surface area contributed by atoms with Crippen molar-refractivity contribution in [2.45, 2.75) is 39.2 Å². The Kier molecular flexibility index (Phi) is 6.58. The number of carbonyl (C=O) groups is 1. The van der Waals surface area contributed by atoms with E-state index in [2.05, 4.69) is 0 Å². The second-order valence-corrected chi connectivity index (χ2v) is 9.24. The number of nitrogens with zero attached hydrogens (tertiary/aromatic N) is 2. The lowest BCUT2D eigenvalue weighted by molar-refractivity contribution is 0.0680. The third kappa shape index (κ3) is 4.15. The molecule has 2 aliphatic heterocycles. The van der Waals surface area contributed by atoms with Gasteiger partial charge in [0.1, 0.15) is 0 Å². The van der Waals surface area contributed by atoms with E-state index in [-0.39, 0.29) is 30.1 Å². The van der Waals surface area contributed by atoms with Crippen molar-refractivity contribution >= 4 is 34.0 Å². The summed E-state index contributed by atoms with van der Waals surface area (Å²) >= 11 is 0. The quantitative estimate of drug-likeness (QED) is 0.841. The molecule has 3 rings (SSSR count). The monoisotopic (exact) mass is 401 g/mol. The van der Waals surface area contributed by atoms with Crippen molar-refractivity contribution in [2.24, 2.45) is 11.7 Å². The van der Waals surface area contributed by atoms with Gasteiger partial charge in [-0.25, -0.2) is 8.42 Å². The molecule has 1 atom stereocenters. The molecule has 2 N–H and O–H groups in total. The molecule has 1 aromatic carbocycles. The average molecular weight is 402 g/mol. The normalized spacial score (nSPS) is 21.3. The van der Waals surface area contributed by atoms with Crippen LogP contribution in [-0.4, -0.2) is 50.7 Å². The Labute approximate surface area is 162 Å². The summed E-state index contributed by atoms with van der Waals surface area (Å²) in [6, 6.07) is 5.49. The van der Waals surface area contributed by atoms with Crippen LogP contribution in [0, 0.1) is 12.8 Å². The molecule has 6 nitrogen and oxygen atoms in total. The molecule has 2 fully saturated rings. The molecule has 0 spiro atoms. The highest BCUT2D eigenvalue weighted by Gasteiger charge is 2.30. The minimum Gasteiger partial charge on any atom is -0.339 e. The van der Waals surface area contributed by atoms with Gasteiger partial charge in [0.2, 0.25) is 10.0 Å². The van der Waals surface area contributed by atoms with Crippen molar-refractivity contribution in [2.75, 3.05) is 29.7 Å². The highest BCUT2D eigenvalue weighted by atomic mass is 35.5. The van der Waals surface area contributed by atoms with Crippen molar-refractivity contribution in [1.82, 2.24) is 4.90 Å². The number of rotatable bonds is 3. The molecule has 146 valence electrons. The predicted molar refractivity (Wildman–Crippen MR) is 106 cm³/mol. The van der Waals surface area contributed by atoms with Gasteiger partial charge in [0.25, 0.3) is 5.91 Å². The first-order valence-electron chi connectivity index (χ1n) is 8.95. The molecule has 1 amide bonds. The van der Waals surface area contributed by atoms with Gasteiger partial charge >= 0.3 is 0 Å². The highest BCUT2D eigenvalue weighted by Crippen LogP contribution is 2.27. The van der Waals surface area contributed by atoms with Crippen molar-refractivity contribution in [1.29, 1.82) is 0 Å². The Hall–Kier alpha value is -1.31. The number of hydrogen-bond acceptors (Lipinski definition) is 4. The molecule has 26 heavy (non-hydrogen) atoms. The van der Waals surface area contributed by atoms with Gasteiger partial charge < -0.3 is 10.6 Å². The number of amides is 1. The topological polar surface area (TPSA) is 83.7 Å². The van der Waals surface area contributed by atoms with Crippen molar-refractivity contribution in [3.05, 3.63) is 29.3 Å². The standard InChI is InChI=1S/C18H27N3O3S.ClH/c1-13-12-16(21-8-3-11-25(21,23)24)4-5-17(13)18(22)20-9-6-15(7-10-20)14(2)19;/h4-5,12,14-15H,3,6-11,19H2,1-2H3;1H. The Bertz CT molecular complexity index is 759. The first-order chi connectivity index (χ1) is 11.8. The molecule has 2 heterocycles. The lowest BCUT2D eigenvalue weighted by Gasteiger charge is -2.34. The second-order valence-electron chi connectivity index (χ2n) is 7.23. The minimum atomic E-state index is -3.20. The summed E-state index contributed by atoms with van der Waals surface area (Å²) in [5.74, 6) is 0.700. The fraction of sp³-hybridized carbons (Fsp3) is 0.611. The lowest BCUT2D eigenvalue weighted by atomic mass is 9.90. The molecule has 2 aliphatic rings. The van der Waals surface area contributed by atoms with Crippen LogP contribution in [0.25, 0.3) is 0 Å². The molecule has 1 unspecified atom stereocenters. The van der Waals surface area contributed by atoms with Gasteiger partial charge in [-0.1, -0.05) is 0 Å². The first-order valence-corrected chi connectivity index (χ1v) is 10.6. The Balaban J connectivity index is 0.00000243. The minimum absolute atomic E-state index is 0. The number of benzene rings is 1. The van der Waals surface area contributed by atoms with Crippen LogP contribution in [-0.2, 0) is 10.0 Å². The van der Waals surface area contributed by atoms with Crippen LogP contribution in [0.2, 0.25) is 0 Å². The number of sulfonamides is 1. The van der Waals surface area contributed by atoms with Gasteiger partial charge in [0.15, 0.2) is 0 Å². The Morgan fingerprint density at radius 3 is 2.38 bits per heavy atom. The van der Waals surface area contributed by atoms with Crippen LogP contribution < -0.4 is 10.0 Å². The average Bonchev–Trinajstić information content (AvgIpc) is 2.93. The number of halogens is 1. The highest BCUT2D eigenvalue weighted by molar-refractivity contribution is 7.93. The van der Waals surface area contributed by atoms with E-state index in [1.807, 2.05) is 24.8 Å². The molecule has 0 radical (unpaired) electrons. The van der Waals surface area contributed by atoms with E-state index in [1.54, 1.807) is 12.1 Å². The molecular formula is C18H28ClN3O3S. The third-order valence-corrected chi connectivity index (χ3v) is 7.27. The number of piperidine rings is 1. The van der Waals surface area contributed by atoms with Gasteiger partial charge in [-0.05, 0) is 62.8 Å².